The van der Waals surface area contributed by atoms with E-state index in [4.69, 9.17) is 5.11 Å². The Morgan fingerprint density at radius 2 is 1.89 bits per heavy atom. The Bertz CT molecular complexity index is 477. The number of alkyl halides is 3. The number of aliphatic carboxylic acids is 1. The molecular formula is C12H13BrF3NO2. The zero-order valence-electron chi connectivity index (χ0n) is 10.3. The minimum absolute atomic E-state index is 0.224. The van der Waals surface area contributed by atoms with Gasteiger partial charge in [0.05, 0.1) is 11.5 Å². The van der Waals surface area contributed by atoms with Gasteiger partial charge < -0.3 is 10.4 Å². The summed E-state index contributed by atoms with van der Waals surface area (Å²) in [4.78, 5) is 10.8. The van der Waals surface area contributed by atoms with E-state index in [-0.39, 0.29) is 10.2 Å². The van der Waals surface area contributed by atoms with Crippen LogP contribution in [0.1, 0.15) is 19.4 Å². The molecule has 0 saturated carbocycles. The predicted molar refractivity (Wildman–Crippen MR) is 69.0 cm³/mol. The van der Waals surface area contributed by atoms with Crippen molar-refractivity contribution >= 4 is 27.6 Å². The van der Waals surface area contributed by atoms with Crippen molar-refractivity contribution in [3.63, 3.8) is 0 Å². The van der Waals surface area contributed by atoms with Crippen LogP contribution in [0.15, 0.2) is 22.7 Å². The Labute approximate surface area is 116 Å². The Morgan fingerprint density at radius 3 is 2.37 bits per heavy atom. The molecule has 0 aliphatic heterocycles. The number of halogens is 4. The Balaban J connectivity index is 2.96. The zero-order chi connectivity index (χ0) is 14.8. The number of carboxylic acid groups (broad SMARTS) is 1. The summed E-state index contributed by atoms with van der Waals surface area (Å²) in [7, 11) is 0. The molecule has 106 valence electrons. The lowest BCUT2D eigenvalue weighted by Crippen LogP contribution is -2.29. The van der Waals surface area contributed by atoms with E-state index in [1.54, 1.807) is 6.92 Å². The molecule has 0 heterocycles. The lowest BCUT2D eigenvalue weighted by Gasteiger charge is -2.20. The summed E-state index contributed by atoms with van der Waals surface area (Å²) >= 11 is 3.01. The first-order chi connectivity index (χ1) is 8.61. The number of hydrogen-bond donors (Lipinski definition) is 2. The molecule has 2 N–H and O–H groups in total. The molecule has 1 aromatic rings. The van der Waals surface area contributed by atoms with E-state index in [0.29, 0.717) is 0 Å². The molecule has 0 aliphatic rings. The minimum atomic E-state index is -4.44. The van der Waals surface area contributed by atoms with Crippen molar-refractivity contribution in [3.05, 3.63) is 28.2 Å². The van der Waals surface area contributed by atoms with Gasteiger partial charge in [0.25, 0.3) is 0 Å². The first-order valence-corrected chi connectivity index (χ1v) is 6.27. The summed E-state index contributed by atoms with van der Waals surface area (Å²) < 4.78 is 38.2. The van der Waals surface area contributed by atoms with Crippen LogP contribution in [0.25, 0.3) is 0 Å². The second-order valence-electron chi connectivity index (χ2n) is 4.29. The van der Waals surface area contributed by atoms with E-state index in [1.807, 2.05) is 0 Å². The van der Waals surface area contributed by atoms with Crippen LogP contribution < -0.4 is 5.32 Å². The molecule has 0 fully saturated rings. The van der Waals surface area contributed by atoms with E-state index in [2.05, 4.69) is 21.2 Å². The second-order valence-corrected chi connectivity index (χ2v) is 5.20. The topological polar surface area (TPSA) is 49.3 Å². The molecule has 2 unspecified atom stereocenters. The van der Waals surface area contributed by atoms with Crippen molar-refractivity contribution in [3.8, 4) is 0 Å². The molecule has 0 aliphatic carbocycles. The molecule has 1 aromatic carbocycles. The summed E-state index contributed by atoms with van der Waals surface area (Å²) in [6.45, 7) is 3.09. The number of rotatable bonds is 4. The van der Waals surface area contributed by atoms with E-state index in [0.717, 1.165) is 12.1 Å². The molecule has 19 heavy (non-hydrogen) atoms. The first-order valence-electron chi connectivity index (χ1n) is 5.48. The van der Waals surface area contributed by atoms with Gasteiger partial charge in [-0.05, 0) is 32.0 Å². The monoisotopic (exact) mass is 339 g/mol. The molecule has 3 nitrogen and oxygen atoms in total. The largest absolute Gasteiger partial charge is 0.481 e. The minimum Gasteiger partial charge on any atom is -0.481 e. The maximum Gasteiger partial charge on any atom is 0.416 e. The maximum absolute atomic E-state index is 12.6. The van der Waals surface area contributed by atoms with Gasteiger partial charge in [0.1, 0.15) is 0 Å². The van der Waals surface area contributed by atoms with Gasteiger partial charge in [-0.15, -0.1) is 0 Å². The van der Waals surface area contributed by atoms with Crippen LogP contribution in [0.4, 0.5) is 18.9 Å². The fraction of sp³-hybridized carbons (Fsp3) is 0.417. The quantitative estimate of drug-likeness (QED) is 0.871. The number of carbonyl (C=O) groups is 1. The number of nitrogens with one attached hydrogen (secondary N) is 1. The molecule has 0 spiro atoms. The number of hydrogen-bond acceptors (Lipinski definition) is 2. The highest BCUT2D eigenvalue weighted by molar-refractivity contribution is 9.10. The number of benzene rings is 1. The zero-order valence-corrected chi connectivity index (χ0v) is 11.8. The normalized spacial score (nSPS) is 14.8. The summed E-state index contributed by atoms with van der Waals surface area (Å²) in [6, 6.07) is 2.90. The standard InChI is InChI=1S/C12H13BrF3NO2/c1-6(11(18)19)7(2)17-10-4-8(12(14,15)16)3-9(13)5-10/h3-7,17H,1-2H3,(H,18,19). The third kappa shape index (κ3) is 4.41. The molecule has 0 aromatic heterocycles. The van der Waals surface area contributed by atoms with Crippen LogP contribution >= 0.6 is 15.9 Å². The highest BCUT2D eigenvalue weighted by atomic mass is 79.9. The van der Waals surface area contributed by atoms with Crippen molar-refractivity contribution in [2.75, 3.05) is 5.32 Å². The molecule has 7 heteroatoms. The van der Waals surface area contributed by atoms with E-state index in [1.165, 1.54) is 13.0 Å². The van der Waals surface area contributed by atoms with Crippen LogP contribution in [0.3, 0.4) is 0 Å². The summed E-state index contributed by atoms with van der Waals surface area (Å²) in [5.41, 5.74) is -0.568. The molecule has 0 bridgehead atoms. The Kier molecular flexibility index (Phi) is 4.84. The van der Waals surface area contributed by atoms with Gasteiger partial charge >= 0.3 is 12.1 Å². The summed E-state index contributed by atoms with van der Waals surface area (Å²) in [6.07, 6.45) is -4.44. The van der Waals surface area contributed by atoms with E-state index >= 15 is 0 Å². The van der Waals surface area contributed by atoms with Crippen LogP contribution in [-0.2, 0) is 11.0 Å². The van der Waals surface area contributed by atoms with Crippen molar-refractivity contribution in [2.45, 2.75) is 26.1 Å². The number of anilines is 1. The lowest BCUT2D eigenvalue weighted by atomic mass is 10.0. The lowest BCUT2D eigenvalue weighted by molar-refractivity contribution is -0.141. The molecule has 0 radical (unpaired) electrons. The van der Waals surface area contributed by atoms with Crippen molar-refractivity contribution in [2.24, 2.45) is 5.92 Å². The smallest absolute Gasteiger partial charge is 0.416 e. The SMILES string of the molecule is CC(Nc1cc(Br)cc(C(F)(F)F)c1)C(C)C(=O)O. The van der Waals surface area contributed by atoms with Crippen LogP contribution in [0.5, 0.6) is 0 Å². The second kappa shape index (κ2) is 5.81. The number of carboxylic acids is 1. The van der Waals surface area contributed by atoms with Gasteiger partial charge in [-0.2, -0.15) is 13.2 Å². The van der Waals surface area contributed by atoms with Crippen molar-refractivity contribution < 1.29 is 23.1 Å². The van der Waals surface area contributed by atoms with Gasteiger partial charge in [-0.25, -0.2) is 0 Å². The summed E-state index contributed by atoms with van der Waals surface area (Å²) in [5, 5.41) is 11.6. The molecule has 2 atom stereocenters. The molecule has 0 saturated heterocycles. The van der Waals surface area contributed by atoms with Gasteiger partial charge in [0, 0.05) is 16.2 Å². The van der Waals surface area contributed by atoms with Crippen LogP contribution in [-0.4, -0.2) is 17.1 Å². The maximum atomic E-state index is 12.6. The molecular weight excluding hydrogens is 327 g/mol. The van der Waals surface area contributed by atoms with Gasteiger partial charge in [0.2, 0.25) is 0 Å². The van der Waals surface area contributed by atoms with Gasteiger partial charge in [-0.3, -0.25) is 4.79 Å². The third-order valence-electron chi connectivity index (χ3n) is 2.76. The highest BCUT2D eigenvalue weighted by Crippen LogP contribution is 2.33. The highest BCUT2D eigenvalue weighted by Gasteiger charge is 2.31. The predicted octanol–water partition coefficient (Wildman–Crippen LogP) is 3.99. The van der Waals surface area contributed by atoms with Crippen molar-refractivity contribution in [1.29, 1.82) is 0 Å². The molecule has 0 amide bonds. The van der Waals surface area contributed by atoms with Crippen LogP contribution in [0, 0.1) is 5.92 Å². The van der Waals surface area contributed by atoms with Crippen molar-refractivity contribution in [1.82, 2.24) is 0 Å². The Morgan fingerprint density at radius 1 is 1.32 bits per heavy atom. The fourth-order valence-electron chi connectivity index (χ4n) is 1.44. The van der Waals surface area contributed by atoms with Crippen LogP contribution in [0.2, 0.25) is 0 Å². The van der Waals surface area contributed by atoms with Gasteiger partial charge in [0.15, 0.2) is 0 Å². The molecule has 1 rings (SSSR count). The van der Waals surface area contributed by atoms with E-state index < -0.39 is 29.7 Å². The average Bonchev–Trinajstić information content (AvgIpc) is 2.25. The first kappa shape index (κ1) is 15.8. The van der Waals surface area contributed by atoms with E-state index in [9.17, 15) is 18.0 Å². The third-order valence-corrected chi connectivity index (χ3v) is 3.22. The average molecular weight is 340 g/mol. The fourth-order valence-corrected chi connectivity index (χ4v) is 1.93. The Hall–Kier alpha value is -1.24. The van der Waals surface area contributed by atoms with Gasteiger partial charge in [-0.1, -0.05) is 15.9 Å². The summed E-state index contributed by atoms with van der Waals surface area (Å²) in [5.74, 6) is -1.72.